The average Bonchev–Trinajstić information content (AvgIpc) is 2.76. The van der Waals surface area contributed by atoms with E-state index in [0.29, 0.717) is 19.0 Å². The Bertz CT molecular complexity index is 458. The Morgan fingerprint density at radius 1 is 1.40 bits per heavy atom. The maximum atomic E-state index is 11.6. The summed E-state index contributed by atoms with van der Waals surface area (Å²) in [6.07, 6.45) is 2.24. The molecular formula is C12H21N5O3. The van der Waals surface area contributed by atoms with Crippen LogP contribution in [-0.2, 0) is 6.54 Å². The number of rotatable bonds is 7. The van der Waals surface area contributed by atoms with Gasteiger partial charge in [-0.3, -0.25) is 0 Å². The van der Waals surface area contributed by atoms with Crippen molar-refractivity contribution in [3.63, 3.8) is 0 Å². The summed E-state index contributed by atoms with van der Waals surface area (Å²) in [5, 5.41) is 21.3. The molecule has 1 atom stereocenters. The Labute approximate surface area is 117 Å². The average molecular weight is 283 g/mol. The molecule has 1 aromatic heterocycles. The molecule has 2 amide bonds. The van der Waals surface area contributed by atoms with Crippen molar-refractivity contribution in [2.24, 2.45) is 5.92 Å². The normalized spacial score (nSPS) is 12.2. The Morgan fingerprint density at radius 3 is 2.65 bits per heavy atom. The molecule has 0 bridgehead atoms. The van der Waals surface area contributed by atoms with Crippen LogP contribution < -0.4 is 10.6 Å². The van der Waals surface area contributed by atoms with Crippen LogP contribution in [0.3, 0.4) is 0 Å². The highest BCUT2D eigenvalue weighted by Gasteiger charge is 2.10. The number of urea groups is 1. The maximum Gasteiger partial charge on any atom is 0.358 e. The highest BCUT2D eigenvalue weighted by atomic mass is 16.4. The van der Waals surface area contributed by atoms with Gasteiger partial charge >= 0.3 is 12.0 Å². The van der Waals surface area contributed by atoms with Gasteiger partial charge in [0.25, 0.3) is 0 Å². The zero-order valence-corrected chi connectivity index (χ0v) is 12.0. The van der Waals surface area contributed by atoms with Crippen LogP contribution in [0, 0.1) is 5.92 Å². The number of hydrogen-bond acceptors (Lipinski definition) is 4. The lowest BCUT2D eigenvalue weighted by atomic mass is 10.1. The van der Waals surface area contributed by atoms with E-state index in [-0.39, 0.29) is 17.8 Å². The Kier molecular flexibility index (Phi) is 5.95. The van der Waals surface area contributed by atoms with Gasteiger partial charge in [-0.05, 0) is 19.3 Å². The molecule has 0 spiro atoms. The van der Waals surface area contributed by atoms with Crippen LogP contribution in [0.25, 0.3) is 0 Å². The Hall–Kier alpha value is -2.12. The van der Waals surface area contributed by atoms with Gasteiger partial charge < -0.3 is 15.7 Å². The first kappa shape index (κ1) is 15.9. The van der Waals surface area contributed by atoms with Crippen molar-refractivity contribution in [1.82, 2.24) is 25.6 Å². The van der Waals surface area contributed by atoms with Gasteiger partial charge in [0.1, 0.15) is 0 Å². The van der Waals surface area contributed by atoms with Gasteiger partial charge in [-0.1, -0.05) is 19.1 Å². The molecule has 8 nitrogen and oxygen atoms in total. The standard InChI is InChI=1S/C12H21N5O3/c1-8(2)6-9(3)14-12(20)13-4-5-17-7-10(11(18)19)15-16-17/h7-9H,4-6H2,1-3H3,(H,18,19)(H2,13,14,20). The number of aromatic nitrogens is 3. The van der Waals surface area contributed by atoms with E-state index in [1.807, 2.05) is 6.92 Å². The van der Waals surface area contributed by atoms with Crippen molar-refractivity contribution in [3.8, 4) is 0 Å². The van der Waals surface area contributed by atoms with E-state index >= 15 is 0 Å². The Morgan fingerprint density at radius 2 is 2.10 bits per heavy atom. The first-order chi connectivity index (χ1) is 9.38. The van der Waals surface area contributed by atoms with E-state index in [0.717, 1.165) is 6.42 Å². The number of nitrogens with zero attached hydrogens (tertiary/aromatic N) is 3. The SMILES string of the molecule is CC(C)CC(C)NC(=O)NCCn1cc(C(=O)O)nn1. The number of carbonyl (C=O) groups excluding carboxylic acids is 1. The summed E-state index contributed by atoms with van der Waals surface area (Å²) in [5.41, 5.74) is -0.111. The molecule has 112 valence electrons. The monoisotopic (exact) mass is 283 g/mol. The first-order valence-corrected chi connectivity index (χ1v) is 6.56. The zero-order chi connectivity index (χ0) is 15.1. The molecule has 0 aromatic carbocycles. The maximum absolute atomic E-state index is 11.6. The minimum atomic E-state index is -1.12. The lowest BCUT2D eigenvalue weighted by molar-refractivity contribution is 0.0690. The minimum absolute atomic E-state index is 0.111. The van der Waals surface area contributed by atoms with Gasteiger partial charge in [-0.15, -0.1) is 5.10 Å². The molecule has 20 heavy (non-hydrogen) atoms. The van der Waals surface area contributed by atoms with Gasteiger partial charge in [-0.25, -0.2) is 14.3 Å². The number of aromatic carboxylic acids is 1. The highest BCUT2D eigenvalue weighted by molar-refractivity contribution is 5.84. The first-order valence-electron chi connectivity index (χ1n) is 6.56. The van der Waals surface area contributed by atoms with Crippen LogP contribution in [0.4, 0.5) is 4.79 Å². The van der Waals surface area contributed by atoms with Crippen molar-refractivity contribution in [2.75, 3.05) is 6.54 Å². The number of carbonyl (C=O) groups is 2. The third kappa shape index (κ3) is 5.68. The molecule has 0 saturated carbocycles. The minimum Gasteiger partial charge on any atom is -0.476 e. The van der Waals surface area contributed by atoms with E-state index in [4.69, 9.17) is 5.11 Å². The number of nitrogens with one attached hydrogen (secondary N) is 2. The van der Waals surface area contributed by atoms with Crippen LogP contribution in [0.1, 0.15) is 37.7 Å². The van der Waals surface area contributed by atoms with Crippen LogP contribution in [0.15, 0.2) is 6.20 Å². The topological polar surface area (TPSA) is 109 Å². The number of carboxylic acids is 1. The van der Waals surface area contributed by atoms with E-state index in [1.165, 1.54) is 10.9 Å². The fourth-order valence-electron chi connectivity index (χ4n) is 1.83. The molecule has 0 aliphatic heterocycles. The third-order valence-electron chi connectivity index (χ3n) is 2.59. The molecular weight excluding hydrogens is 262 g/mol. The molecule has 1 rings (SSSR count). The summed E-state index contributed by atoms with van der Waals surface area (Å²) >= 11 is 0. The lowest BCUT2D eigenvalue weighted by Crippen LogP contribution is -2.42. The van der Waals surface area contributed by atoms with Crippen molar-refractivity contribution >= 4 is 12.0 Å². The van der Waals surface area contributed by atoms with E-state index in [9.17, 15) is 9.59 Å². The van der Waals surface area contributed by atoms with Crippen molar-refractivity contribution in [2.45, 2.75) is 39.8 Å². The molecule has 1 heterocycles. The Balaban J connectivity index is 2.26. The second-order valence-corrected chi connectivity index (χ2v) is 5.10. The summed E-state index contributed by atoms with van der Waals surface area (Å²) in [7, 11) is 0. The van der Waals surface area contributed by atoms with Crippen LogP contribution in [-0.4, -0.2) is 44.7 Å². The molecule has 0 aliphatic rings. The van der Waals surface area contributed by atoms with Gasteiger partial charge in [0, 0.05) is 12.6 Å². The van der Waals surface area contributed by atoms with E-state index < -0.39 is 5.97 Å². The van der Waals surface area contributed by atoms with Crippen LogP contribution in [0.5, 0.6) is 0 Å². The summed E-state index contributed by atoms with van der Waals surface area (Å²) in [6, 6.07) is -0.128. The van der Waals surface area contributed by atoms with Crippen LogP contribution in [0.2, 0.25) is 0 Å². The predicted octanol–water partition coefficient (Wildman–Crippen LogP) is 0.710. The molecule has 0 radical (unpaired) electrons. The second kappa shape index (κ2) is 7.46. The summed E-state index contributed by atoms with van der Waals surface area (Å²) in [6.45, 7) is 6.87. The van der Waals surface area contributed by atoms with Gasteiger partial charge in [0.2, 0.25) is 0 Å². The fraction of sp³-hybridized carbons (Fsp3) is 0.667. The van der Waals surface area contributed by atoms with Crippen molar-refractivity contribution in [1.29, 1.82) is 0 Å². The number of amides is 2. The van der Waals surface area contributed by atoms with Gasteiger partial charge in [0.05, 0.1) is 12.7 Å². The van der Waals surface area contributed by atoms with Gasteiger partial charge in [-0.2, -0.15) is 0 Å². The molecule has 8 heteroatoms. The molecule has 0 aliphatic carbocycles. The zero-order valence-electron chi connectivity index (χ0n) is 12.0. The summed E-state index contributed by atoms with van der Waals surface area (Å²) in [5.74, 6) is -0.598. The number of carboxylic acid groups (broad SMARTS) is 1. The van der Waals surface area contributed by atoms with Crippen LogP contribution >= 0.6 is 0 Å². The van der Waals surface area contributed by atoms with Gasteiger partial charge in [0.15, 0.2) is 5.69 Å². The largest absolute Gasteiger partial charge is 0.476 e. The summed E-state index contributed by atoms with van der Waals surface area (Å²) in [4.78, 5) is 22.2. The molecule has 0 fully saturated rings. The predicted molar refractivity (Wildman–Crippen MR) is 72.4 cm³/mol. The molecule has 0 saturated heterocycles. The fourth-order valence-corrected chi connectivity index (χ4v) is 1.83. The van der Waals surface area contributed by atoms with Crippen molar-refractivity contribution < 1.29 is 14.7 Å². The summed E-state index contributed by atoms with van der Waals surface area (Å²) < 4.78 is 1.38. The lowest BCUT2D eigenvalue weighted by Gasteiger charge is -2.16. The smallest absolute Gasteiger partial charge is 0.358 e. The van der Waals surface area contributed by atoms with Crippen molar-refractivity contribution in [3.05, 3.63) is 11.9 Å². The molecule has 1 unspecified atom stereocenters. The third-order valence-corrected chi connectivity index (χ3v) is 2.59. The second-order valence-electron chi connectivity index (χ2n) is 5.10. The van der Waals surface area contributed by atoms with E-state index in [1.54, 1.807) is 0 Å². The molecule has 1 aromatic rings. The molecule has 3 N–H and O–H groups in total. The number of hydrogen-bond donors (Lipinski definition) is 3. The highest BCUT2D eigenvalue weighted by Crippen LogP contribution is 2.03. The van der Waals surface area contributed by atoms with E-state index in [2.05, 4.69) is 34.8 Å². The quantitative estimate of drug-likeness (QED) is 0.682.